The first-order valence-electron chi connectivity index (χ1n) is 7.42. The topological polar surface area (TPSA) is 15.3 Å². The molecule has 0 radical (unpaired) electrons. The lowest BCUT2D eigenvalue weighted by Gasteiger charge is -2.41. The zero-order valence-corrected chi connectivity index (χ0v) is 14.1. The summed E-state index contributed by atoms with van der Waals surface area (Å²) in [4.78, 5) is 2.49. The summed E-state index contributed by atoms with van der Waals surface area (Å²) in [6.07, 6.45) is 1.12. The highest BCUT2D eigenvalue weighted by Crippen LogP contribution is 2.21. The Bertz CT molecular complexity index is 430. The molecule has 2 nitrogen and oxygen atoms in total. The summed E-state index contributed by atoms with van der Waals surface area (Å²) >= 11 is 3.37. The van der Waals surface area contributed by atoms with Crippen LogP contribution in [0.25, 0.3) is 0 Å². The van der Waals surface area contributed by atoms with Gasteiger partial charge in [-0.2, -0.15) is 0 Å². The molecule has 0 amide bonds. The van der Waals surface area contributed by atoms with E-state index in [4.69, 9.17) is 0 Å². The summed E-state index contributed by atoms with van der Waals surface area (Å²) in [5, 5.41) is 3.63. The fourth-order valence-electron chi connectivity index (χ4n) is 2.86. The maximum Gasteiger partial charge on any atom is 0.124 e. The van der Waals surface area contributed by atoms with Crippen molar-refractivity contribution in [1.29, 1.82) is 0 Å². The Morgan fingerprint density at radius 1 is 1.40 bits per heavy atom. The second kappa shape index (κ2) is 7.01. The molecule has 1 fully saturated rings. The Balaban J connectivity index is 2.11. The third-order valence-corrected chi connectivity index (χ3v) is 4.61. The molecule has 1 heterocycles. The average molecular weight is 343 g/mol. The largest absolute Gasteiger partial charge is 0.311 e. The fourth-order valence-corrected chi connectivity index (χ4v) is 3.37. The molecule has 4 heteroatoms. The van der Waals surface area contributed by atoms with Crippen molar-refractivity contribution in [3.63, 3.8) is 0 Å². The molecule has 1 saturated heterocycles. The van der Waals surface area contributed by atoms with E-state index < -0.39 is 0 Å². The van der Waals surface area contributed by atoms with Gasteiger partial charge in [0.2, 0.25) is 0 Å². The Kier molecular flexibility index (Phi) is 5.58. The van der Waals surface area contributed by atoms with Gasteiger partial charge in [-0.3, -0.25) is 4.90 Å². The van der Waals surface area contributed by atoms with Gasteiger partial charge in [0.15, 0.2) is 0 Å². The summed E-state index contributed by atoms with van der Waals surface area (Å²) < 4.78 is 14.3. The number of hydrogen-bond donors (Lipinski definition) is 1. The zero-order chi connectivity index (χ0) is 14.7. The van der Waals surface area contributed by atoms with Crippen molar-refractivity contribution in [3.05, 3.63) is 34.1 Å². The van der Waals surface area contributed by atoms with Gasteiger partial charge in [-0.05, 0) is 36.1 Å². The predicted molar refractivity (Wildman–Crippen MR) is 85.2 cm³/mol. The van der Waals surface area contributed by atoms with E-state index in [9.17, 15) is 4.39 Å². The number of hydrogen-bond acceptors (Lipinski definition) is 2. The molecule has 0 saturated carbocycles. The highest BCUT2D eigenvalue weighted by molar-refractivity contribution is 9.10. The molecule has 0 aliphatic carbocycles. The maximum absolute atomic E-state index is 13.5. The van der Waals surface area contributed by atoms with Crippen LogP contribution in [0.15, 0.2) is 22.7 Å². The second-order valence-corrected chi connectivity index (χ2v) is 6.94. The van der Waals surface area contributed by atoms with Gasteiger partial charge in [-0.15, -0.1) is 0 Å². The van der Waals surface area contributed by atoms with Crippen LogP contribution in [0.1, 0.15) is 32.8 Å². The molecule has 2 unspecified atom stereocenters. The summed E-state index contributed by atoms with van der Waals surface area (Å²) in [6.45, 7) is 9.60. The van der Waals surface area contributed by atoms with E-state index in [1.54, 1.807) is 6.07 Å². The van der Waals surface area contributed by atoms with Crippen molar-refractivity contribution >= 4 is 15.9 Å². The molecule has 2 rings (SSSR count). The Hall–Kier alpha value is -0.450. The highest BCUT2D eigenvalue weighted by Gasteiger charge is 2.28. The van der Waals surface area contributed by atoms with Gasteiger partial charge < -0.3 is 5.32 Å². The molecule has 0 bridgehead atoms. The molecule has 1 aromatic rings. The Morgan fingerprint density at radius 2 is 2.15 bits per heavy atom. The van der Waals surface area contributed by atoms with E-state index in [-0.39, 0.29) is 5.82 Å². The first-order chi connectivity index (χ1) is 9.49. The molecule has 2 atom stereocenters. The molecular formula is C16H24BrFN2. The number of nitrogens with zero attached hydrogens (tertiary/aromatic N) is 1. The molecule has 1 aliphatic heterocycles. The minimum absolute atomic E-state index is 0.169. The molecule has 1 N–H and O–H groups in total. The van der Waals surface area contributed by atoms with E-state index >= 15 is 0 Å². The van der Waals surface area contributed by atoms with Gasteiger partial charge in [0.05, 0.1) is 0 Å². The summed E-state index contributed by atoms with van der Waals surface area (Å²) in [5.41, 5.74) is 1.04. The number of benzene rings is 1. The summed E-state index contributed by atoms with van der Waals surface area (Å²) in [7, 11) is 0. The molecule has 0 spiro atoms. The van der Waals surface area contributed by atoms with Gasteiger partial charge in [0.1, 0.15) is 5.82 Å². The molecule has 20 heavy (non-hydrogen) atoms. The predicted octanol–water partition coefficient (Wildman–Crippen LogP) is 3.80. The van der Waals surface area contributed by atoms with E-state index in [0.29, 0.717) is 18.0 Å². The van der Waals surface area contributed by atoms with Crippen LogP contribution in [0.5, 0.6) is 0 Å². The maximum atomic E-state index is 13.5. The fraction of sp³-hybridized carbons (Fsp3) is 0.625. The smallest absolute Gasteiger partial charge is 0.124 e. The van der Waals surface area contributed by atoms with E-state index in [1.165, 1.54) is 6.07 Å². The molecule has 0 aromatic heterocycles. The first-order valence-corrected chi connectivity index (χ1v) is 8.21. The van der Waals surface area contributed by atoms with Gasteiger partial charge in [0, 0.05) is 36.2 Å². The molecule has 1 aliphatic rings. The van der Waals surface area contributed by atoms with Gasteiger partial charge in [-0.25, -0.2) is 4.39 Å². The van der Waals surface area contributed by atoms with E-state index in [0.717, 1.165) is 36.1 Å². The van der Waals surface area contributed by atoms with Crippen molar-refractivity contribution in [2.24, 2.45) is 5.92 Å². The van der Waals surface area contributed by atoms with Crippen molar-refractivity contribution in [3.8, 4) is 0 Å². The number of rotatable bonds is 4. The van der Waals surface area contributed by atoms with Crippen LogP contribution >= 0.6 is 15.9 Å². The van der Waals surface area contributed by atoms with Gasteiger partial charge in [-0.1, -0.05) is 36.7 Å². The first kappa shape index (κ1) is 15.9. The number of nitrogens with one attached hydrogen (secondary N) is 1. The average Bonchev–Trinajstić information content (AvgIpc) is 2.37. The van der Waals surface area contributed by atoms with Crippen LogP contribution in [0.4, 0.5) is 4.39 Å². The Labute approximate surface area is 129 Å². The summed E-state index contributed by atoms with van der Waals surface area (Å²) in [5.74, 6) is 0.451. The minimum atomic E-state index is -0.169. The third-order valence-electron chi connectivity index (χ3n) is 4.15. The van der Waals surface area contributed by atoms with Gasteiger partial charge in [0.25, 0.3) is 0 Å². The molecule has 112 valence electrons. The third kappa shape index (κ3) is 4.03. The zero-order valence-electron chi connectivity index (χ0n) is 12.5. The monoisotopic (exact) mass is 342 g/mol. The van der Waals surface area contributed by atoms with E-state index in [2.05, 4.69) is 46.9 Å². The lowest BCUT2D eigenvalue weighted by atomic mass is 9.98. The van der Waals surface area contributed by atoms with Crippen LogP contribution in [-0.4, -0.2) is 30.1 Å². The van der Waals surface area contributed by atoms with Crippen molar-refractivity contribution < 1.29 is 4.39 Å². The SMILES string of the molecule is CCC1CNC(C(C)C)CN1Cc1cc(F)cc(Br)c1. The van der Waals surface area contributed by atoms with Crippen LogP contribution in [-0.2, 0) is 6.54 Å². The lowest BCUT2D eigenvalue weighted by Crippen LogP contribution is -2.57. The van der Waals surface area contributed by atoms with E-state index in [1.807, 2.05) is 6.07 Å². The summed E-state index contributed by atoms with van der Waals surface area (Å²) in [6, 6.07) is 6.23. The van der Waals surface area contributed by atoms with Crippen molar-refractivity contribution in [1.82, 2.24) is 10.2 Å². The number of halogens is 2. The minimum Gasteiger partial charge on any atom is -0.311 e. The second-order valence-electron chi connectivity index (χ2n) is 6.03. The molecular weight excluding hydrogens is 319 g/mol. The van der Waals surface area contributed by atoms with Crippen molar-refractivity contribution in [2.75, 3.05) is 13.1 Å². The molecule has 1 aromatic carbocycles. The number of piperazine rings is 1. The standard InChI is InChI=1S/C16H24BrFN2/c1-4-15-8-19-16(11(2)3)10-20(15)9-12-5-13(17)7-14(18)6-12/h5-7,11,15-16,19H,4,8-10H2,1-3H3. The lowest BCUT2D eigenvalue weighted by molar-refractivity contribution is 0.103. The van der Waals surface area contributed by atoms with Crippen LogP contribution < -0.4 is 5.32 Å². The van der Waals surface area contributed by atoms with Crippen molar-refractivity contribution in [2.45, 2.75) is 45.8 Å². The van der Waals surface area contributed by atoms with Crippen LogP contribution in [0.3, 0.4) is 0 Å². The quantitative estimate of drug-likeness (QED) is 0.895. The normalized spacial score (nSPS) is 24.3. The van der Waals surface area contributed by atoms with Crippen LogP contribution in [0, 0.1) is 11.7 Å². The van der Waals surface area contributed by atoms with Crippen LogP contribution in [0.2, 0.25) is 0 Å². The Morgan fingerprint density at radius 3 is 2.75 bits per heavy atom. The van der Waals surface area contributed by atoms with Gasteiger partial charge >= 0.3 is 0 Å². The highest BCUT2D eigenvalue weighted by atomic mass is 79.9.